The Labute approximate surface area is 200 Å². The summed E-state index contributed by atoms with van der Waals surface area (Å²) < 4.78 is 2.26. The average Bonchev–Trinajstić information content (AvgIpc) is 3.09. The maximum Gasteiger partial charge on any atom is 0.251 e. The molecule has 3 N–H and O–H groups in total. The topological polar surface area (TPSA) is 83.3 Å². The Hall–Kier alpha value is -2.62. The summed E-state index contributed by atoms with van der Waals surface area (Å²) in [7, 11) is 1.63. The number of fused-ring (bicyclic) bond motifs is 1. The number of imidazole rings is 1. The van der Waals surface area contributed by atoms with Gasteiger partial charge in [0, 0.05) is 32.2 Å². The molecule has 0 atom stereocenters. The quantitative estimate of drug-likeness (QED) is 0.179. The molecule has 0 saturated carbocycles. The van der Waals surface area contributed by atoms with Gasteiger partial charge in [0.15, 0.2) is 5.96 Å². The van der Waals surface area contributed by atoms with Crippen molar-refractivity contribution in [1.82, 2.24) is 25.5 Å². The molecule has 0 unspecified atom stereocenters. The summed E-state index contributed by atoms with van der Waals surface area (Å²) in [4.78, 5) is 21.1. The highest BCUT2D eigenvalue weighted by Crippen LogP contribution is 2.15. The van der Waals surface area contributed by atoms with Crippen LogP contribution in [0.3, 0.4) is 0 Å². The number of halogens is 1. The summed E-state index contributed by atoms with van der Waals surface area (Å²) in [5, 5.41) is 9.32. The molecule has 1 aromatic heterocycles. The van der Waals surface area contributed by atoms with Crippen LogP contribution in [0.25, 0.3) is 11.0 Å². The van der Waals surface area contributed by atoms with Crippen LogP contribution < -0.4 is 16.0 Å². The molecule has 0 saturated heterocycles. The van der Waals surface area contributed by atoms with Crippen molar-refractivity contribution in [2.24, 2.45) is 4.99 Å². The van der Waals surface area contributed by atoms with Crippen molar-refractivity contribution in [1.29, 1.82) is 0 Å². The normalized spacial score (nSPS) is 11.1. The molecule has 2 aromatic carbocycles. The Balaban J connectivity index is 0.00000341. The third kappa shape index (κ3) is 6.68. The van der Waals surface area contributed by atoms with E-state index in [1.165, 1.54) is 5.52 Å². The minimum atomic E-state index is -0.0896. The number of nitrogens with zero attached hydrogens (tertiary/aromatic N) is 3. The van der Waals surface area contributed by atoms with Gasteiger partial charge in [0.25, 0.3) is 5.91 Å². The SMILES string of the molecule is CCNC(=NCc1cccc(C(=O)NC)c1)NCCCn1c(C)nc2ccccc21.I. The zero-order valence-electron chi connectivity index (χ0n) is 18.3. The van der Waals surface area contributed by atoms with Gasteiger partial charge in [0.05, 0.1) is 17.6 Å². The highest BCUT2D eigenvalue weighted by Gasteiger charge is 2.07. The first-order valence-corrected chi connectivity index (χ1v) is 10.4. The van der Waals surface area contributed by atoms with E-state index in [-0.39, 0.29) is 29.9 Å². The molecule has 31 heavy (non-hydrogen) atoms. The number of aryl methyl sites for hydroxylation is 2. The van der Waals surface area contributed by atoms with Crippen LogP contribution in [0.15, 0.2) is 53.5 Å². The number of carbonyl (C=O) groups excluding carboxylic acids is 1. The van der Waals surface area contributed by atoms with Crippen molar-refractivity contribution in [2.45, 2.75) is 33.4 Å². The van der Waals surface area contributed by atoms with Crippen molar-refractivity contribution in [3.63, 3.8) is 0 Å². The van der Waals surface area contributed by atoms with Gasteiger partial charge >= 0.3 is 0 Å². The van der Waals surface area contributed by atoms with Gasteiger partial charge in [-0.05, 0) is 50.1 Å². The van der Waals surface area contributed by atoms with E-state index in [2.05, 4.69) is 36.6 Å². The van der Waals surface area contributed by atoms with E-state index in [4.69, 9.17) is 0 Å². The molecule has 1 amide bonds. The van der Waals surface area contributed by atoms with E-state index >= 15 is 0 Å². The lowest BCUT2D eigenvalue weighted by atomic mass is 10.1. The number of rotatable bonds is 8. The Kier molecular flexibility index (Phi) is 9.77. The number of amides is 1. The molecule has 0 fully saturated rings. The molecule has 3 rings (SSSR count). The smallest absolute Gasteiger partial charge is 0.251 e. The number of hydrogen-bond donors (Lipinski definition) is 3. The zero-order valence-corrected chi connectivity index (χ0v) is 20.6. The summed E-state index contributed by atoms with van der Waals surface area (Å²) in [5.74, 6) is 1.72. The second-order valence-corrected chi connectivity index (χ2v) is 7.05. The second kappa shape index (κ2) is 12.3. The number of hydrogen-bond acceptors (Lipinski definition) is 3. The first-order chi connectivity index (χ1) is 14.6. The van der Waals surface area contributed by atoms with Crippen LogP contribution in [0.1, 0.15) is 35.1 Å². The van der Waals surface area contributed by atoms with Gasteiger partial charge in [0.1, 0.15) is 5.82 Å². The van der Waals surface area contributed by atoms with E-state index in [1.807, 2.05) is 50.2 Å². The van der Waals surface area contributed by atoms with E-state index in [1.54, 1.807) is 13.1 Å². The van der Waals surface area contributed by atoms with Crippen LogP contribution in [0.4, 0.5) is 0 Å². The summed E-state index contributed by atoms with van der Waals surface area (Å²) in [6, 6.07) is 15.8. The van der Waals surface area contributed by atoms with Crippen molar-refractivity contribution in [3.05, 3.63) is 65.5 Å². The molecule has 0 spiro atoms. The number of benzene rings is 2. The van der Waals surface area contributed by atoms with Gasteiger partial charge in [-0.1, -0.05) is 24.3 Å². The lowest BCUT2D eigenvalue weighted by Gasteiger charge is -2.12. The van der Waals surface area contributed by atoms with Crippen molar-refractivity contribution >= 4 is 46.9 Å². The third-order valence-electron chi connectivity index (χ3n) is 4.88. The predicted molar refractivity (Wildman–Crippen MR) is 137 cm³/mol. The molecular formula is C23H31IN6O. The molecule has 8 heteroatoms. The van der Waals surface area contributed by atoms with E-state index in [9.17, 15) is 4.79 Å². The van der Waals surface area contributed by atoms with Gasteiger partial charge in [-0.15, -0.1) is 24.0 Å². The number of guanidine groups is 1. The fourth-order valence-electron chi connectivity index (χ4n) is 3.39. The van der Waals surface area contributed by atoms with Crippen LogP contribution in [0, 0.1) is 6.92 Å². The van der Waals surface area contributed by atoms with E-state index < -0.39 is 0 Å². The number of carbonyl (C=O) groups is 1. The van der Waals surface area contributed by atoms with Gasteiger partial charge in [-0.2, -0.15) is 0 Å². The second-order valence-electron chi connectivity index (χ2n) is 7.05. The van der Waals surface area contributed by atoms with Crippen LogP contribution in [-0.4, -0.2) is 41.6 Å². The van der Waals surface area contributed by atoms with Gasteiger partial charge < -0.3 is 20.5 Å². The van der Waals surface area contributed by atoms with Crippen LogP contribution in [0.5, 0.6) is 0 Å². The lowest BCUT2D eigenvalue weighted by Crippen LogP contribution is -2.38. The minimum absolute atomic E-state index is 0. The Morgan fingerprint density at radius 3 is 2.71 bits per heavy atom. The zero-order chi connectivity index (χ0) is 21.3. The molecular weight excluding hydrogens is 503 g/mol. The van der Waals surface area contributed by atoms with Crippen molar-refractivity contribution in [3.8, 4) is 0 Å². The molecule has 166 valence electrons. The van der Waals surface area contributed by atoms with Crippen molar-refractivity contribution in [2.75, 3.05) is 20.1 Å². The third-order valence-corrected chi connectivity index (χ3v) is 4.88. The predicted octanol–water partition coefficient (Wildman–Crippen LogP) is 3.47. The van der Waals surface area contributed by atoms with Crippen LogP contribution >= 0.6 is 24.0 Å². The fraction of sp³-hybridized carbons (Fsp3) is 0.348. The van der Waals surface area contributed by atoms with Gasteiger partial charge in [-0.3, -0.25) is 4.79 Å². The monoisotopic (exact) mass is 534 g/mol. The Bertz CT molecular complexity index is 1030. The van der Waals surface area contributed by atoms with Gasteiger partial charge in [0.2, 0.25) is 0 Å². The Morgan fingerprint density at radius 1 is 1.13 bits per heavy atom. The summed E-state index contributed by atoms with van der Waals surface area (Å²) in [5.41, 5.74) is 3.85. The number of nitrogens with one attached hydrogen (secondary N) is 3. The average molecular weight is 534 g/mol. The molecule has 0 aliphatic carbocycles. The first-order valence-electron chi connectivity index (χ1n) is 10.4. The van der Waals surface area contributed by atoms with Crippen LogP contribution in [-0.2, 0) is 13.1 Å². The molecule has 0 bridgehead atoms. The van der Waals surface area contributed by atoms with Gasteiger partial charge in [-0.25, -0.2) is 9.98 Å². The first kappa shape index (κ1) is 24.6. The molecule has 0 aliphatic heterocycles. The highest BCUT2D eigenvalue weighted by atomic mass is 127. The summed E-state index contributed by atoms with van der Waals surface area (Å²) in [6.45, 7) is 7.08. The number of aliphatic imine (C=N–C) groups is 1. The minimum Gasteiger partial charge on any atom is -0.357 e. The summed E-state index contributed by atoms with van der Waals surface area (Å²) in [6.07, 6.45) is 0.956. The highest BCUT2D eigenvalue weighted by molar-refractivity contribution is 14.0. The van der Waals surface area contributed by atoms with E-state index in [0.29, 0.717) is 12.1 Å². The molecule has 0 radical (unpaired) electrons. The summed E-state index contributed by atoms with van der Waals surface area (Å²) >= 11 is 0. The maximum absolute atomic E-state index is 11.8. The number of para-hydroxylation sites is 2. The fourth-order valence-corrected chi connectivity index (χ4v) is 3.39. The molecule has 3 aromatic rings. The van der Waals surface area contributed by atoms with E-state index in [0.717, 1.165) is 48.9 Å². The lowest BCUT2D eigenvalue weighted by molar-refractivity contribution is 0.0963. The van der Waals surface area contributed by atoms with Crippen LogP contribution in [0.2, 0.25) is 0 Å². The number of aromatic nitrogens is 2. The molecule has 1 heterocycles. The van der Waals surface area contributed by atoms with Crippen molar-refractivity contribution < 1.29 is 4.79 Å². The Morgan fingerprint density at radius 2 is 1.94 bits per heavy atom. The largest absolute Gasteiger partial charge is 0.357 e. The maximum atomic E-state index is 11.8. The molecule has 7 nitrogen and oxygen atoms in total. The molecule has 0 aliphatic rings. The standard InChI is InChI=1S/C23H30N6O.HI/c1-4-25-23(27-16-18-9-7-10-19(15-18)22(30)24-3)26-13-8-14-29-17(2)28-20-11-5-6-12-21(20)29;/h5-7,9-12,15H,4,8,13-14,16H2,1-3H3,(H,24,30)(H2,25,26,27);1H.